The second-order valence-electron chi connectivity index (χ2n) is 7.70. The number of anilines is 2. The van der Waals surface area contributed by atoms with Crippen LogP contribution in [-0.4, -0.2) is 14.3 Å². The number of hydrogen-bond donors (Lipinski definition) is 2. The molecular formula is C22H26F2N2O3S. The maximum atomic E-state index is 13.3. The molecule has 0 atom stereocenters. The lowest BCUT2D eigenvalue weighted by Gasteiger charge is -2.21. The summed E-state index contributed by atoms with van der Waals surface area (Å²) in [6, 6.07) is 8.54. The monoisotopic (exact) mass is 436 g/mol. The van der Waals surface area contributed by atoms with Crippen LogP contribution in [-0.2, 0) is 14.8 Å². The van der Waals surface area contributed by atoms with Gasteiger partial charge in [0, 0.05) is 17.8 Å². The first-order valence-corrected chi connectivity index (χ1v) is 11.7. The van der Waals surface area contributed by atoms with Gasteiger partial charge < -0.3 is 5.32 Å². The minimum Gasteiger partial charge on any atom is -0.326 e. The lowest BCUT2D eigenvalue weighted by molar-refractivity contribution is -0.116. The van der Waals surface area contributed by atoms with Gasteiger partial charge in [0.2, 0.25) is 5.91 Å². The van der Waals surface area contributed by atoms with E-state index in [1.807, 2.05) is 0 Å². The molecular weight excluding hydrogens is 410 g/mol. The molecule has 1 aliphatic rings. The molecule has 162 valence electrons. The van der Waals surface area contributed by atoms with Crippen molar-refractivity contribution in [3.05, 3.63) is 54.1 Å². The van der Waals surface area contributed by atoms with Gasteiger partial charge in [-0.2, -0.15) is 0 Å². The van der Waals surface area contributed by atoms with Crippen molar-refractivity contribution >= 4 is 27.3 Å². The molecule has 0 heterocycles. The standard InChI is InChI=1S/C22H26F2N2O3S/c23-20-14-13-19(15-21(20)24)30(28,29)26-18-11-9-17(10-12-18)25-22(27)8-4-7-16-5-2-1-3-6-16/h9-16,26H,1-8H2,(H,25,27). The number of benzene rings is 2. The number of amides is 1. The molecule has 2 N–H and O–H groups in total. The fourth-order valence-corrected chi connectivity index (χ4v) is 4.80. The van der Waals surface area contributed by atoms with E-state index in [1.165, 1.54) is 44.2 Å². The normalized spacial score (nSPS) is 15.0. The third-order valence-electron chi connectivity index (χ3n) is 5.36. The molecule has 0 unspecified atom stereocenters. The van der Waals surface area contributed by atoms with Gasteiger partial charge in [-0.3, -0.25) is 9.52 Å². The zero-order chi connectivity index (χ0) is 21.6. The van der Waals surface area contributed by atoms with E-state index in [2.05, 4.69) is 10.0 Å². The van der Waals surface area contributed by atoms with Crippen molar-refractivity contribution in [3.8, 4) is 0 Å². The Morgan fingerprint density at radius 2 is 1.60 bits per heavy atom. The van der Waals surface area contributed by atoms with Gasteiger partial charge in [0.25, 0.3) is 10.0 Å². The Kier molecular flexibility index (Phi) is 7.42. The zero-order valence-electron chi connectivity index (χ0n) is 16.7. The maximum Gasteiger partial charge on any atom is 0.261 e. The number of hydrogen-bond acceptors (Lipinski definition) is 3. The molecule has 30 heavy (non-hydrogen) atoms. The van der Waals surface area contributed by atoms with Gasteiger partial charge in [0.1, 0.15) is 0 Å². The Balaban J connectivity index is 1.50. The zero-order valence-corrected chi connectivity index (χ0v) is 17.5. The predicted octanol–water partition coefficient (Wildman–Crippen LogP) is 5.45. The highest BCUT2D eigenvalue weighted by Crippen LogP contribution is 2.28. The number of nitrogens with one attached hydrogen (secondary N) is 2. The highest BCUT2D eigenvalue weighted by atomic mass is 32.2. The van der Waals surface area contributed by atoms with Crippen LogP contribution in [0.5, 0.6) is 0 Å². The molecule has 2 aromatic rings. The lowest BCUT2D eigenvalue weighted by Crippen LogP contribution is -2.14. The molecule has 1 aliphatic carbocycles. The van der Waals surface area contributed by atoms with Crippen molar-refractivity contribution in [2.75, 3.05) is 10.0 Å². The Hall–Kier alpha value is -2.48. The van der Waals surface area contributed by atoms with Gasteiger partial charge >= 0.3 is 0 Å². The van der Waals surface area contributed by atoms with Gasteiger partial charge in [0.15, 0.2) is 11.6 Å². The van der Waals surface area contributed by atoms with Gasteiger partial charge in [-0.25, -0.2) is 17.2 Å². The highest BCUT2D eigenvalue weighted by Gasteiger charge is 2.17. The second kappa shape index (κ2) is 10.0. The van der Waals surface area contributed by atoms with Crippen molar-refractivity contribution < 1.29 is 22.0 Å². The molecule has 8 heteroatoms. The Morgan fingerprint density at radius 1 is 0.933 bits per heavy atom. The smallest absolute Gasteiger partial charge is 0.261 e. The fourth-order valence-electron chi connectivity index (χ4n) is 3.73. The maximum absolute atomic E-state index is 13.3. The van der Waals surface area contributed by atoms with E-state index in [9.17, 15) is 22.0 Å². The molecule has 0 saturated heterocycles. The SMILES string of the molecule is O=C(CCCC1CCCCC1)Nc1ccc(NS(=O)(=O)c2ccc(F)c(F)c2)cc1. The van der Waals surface area contributed by atoms with Crippen molar-refractivity contribution in [2.45, 2.75) is 56.3 Å². The van der Waals surface area contributed by atoms with E-state index in [1.54, 1.807) is 12.1 Å². The molecule has 3 rings (SSSR count). The second-order valence-corrected chi connectivity index (χ2v) is 9.39. The number of halogens is 2. The topological polar surface area (TPSA) is 75.3 Å². The molecule has 0 spiro atoms. The summed E-state index contributed by atoms with van der Waals surface area (Å²) in [5.74, 6) is -1.68. The third-order valence-corrected chi connectivity index (χ3v) is 6.74. The Morgan fingerprint density at radius 3 is 2.27 bits per heavy atom. The molecule has 0 radical (unpaired) electrons. The number of carbonyl (C=O) groups is 1. The molecule has 2 aromatic carbocycles. The van der Waals surface area contributed by atoms with E-state index in [4.69, 9.17) is 0 Å². The Bertz CT molecular complexity index is 972. The van der Waals surface area contributed by atoms with E-state index < -0.39 is 21.7 Å². The summed E-state index contributed by atoms with van der Waals surface area (Å²) in [7, 11) is -4.06. The van der Waals surface area contributed by atoms with Crippen LogP contribution in [0.1, 0.15) is 51.4 Å². The van der Waals surface area contributed by atoms with E-state index in [0.29, 0.717) is 18.2 Å². The van der Waals surface area contributed by atoms with Crippen LogP contribution in [0, 0.1) is 17.6 Å². The largest absolute Gasteiger partial charge is 0.326 e. The van der Waals surface area contributed by atoms with Crippen molar-refractivity contribution in [2.24, 2.45) is 5.92 Å². The molecule has 0 aromatic heterocycles. The average Bonchev–Trinajstić information content (AvgIpc) is 2.72. The van der Waals surface area contributed by atoms with Crippen LogP contribution in [0.25, 0.3) is 0 Å². The highest BCUT2D eigenvalue weighted by molar-refractivity contribution is 7.92. The molecule has 1 amide bonds. The average molecular weight is 437 g/mol. The lowest BCUT2D eigenvalue weighted by atomic mass is 9.86. The van der Waals surface area contributed by atoms with Crippen LogP contribution in [0.3, 0.4) is 0 Å². The van der Waals surface area contributed by atoms with Gasteiger partial charge in [-0.1, -0.05) is 32.1 Å². The summed E-state index contributed by atoms with van der Waals surface area (Å²) in [5, 5.41) is 2.81. The predicted molar refractivity (Wildman–Crippen MR) is 113 cm³/mol. The summed E-state index contributed by atoms with van der Waals surface area (Å²) >= 11 is 0. The summed E-state index contributed by atoms with van der Waals surface area (Å²) in [6.07, 6.45) is 8.85. The van der Waals surface area contributed by atoms with Crippen LogP contribution in [0.4, 0.5) is 20.2 Å². The minimum atomic E-state index is -4.06. The first-order chi connectivity index (χ1) is 14.3. The summed E-state index contributed by atoms with van der Waals surface area (Å²) in [6.45, 7) is 0. The number of rotatable bonds is 8. The van der Waals surface area contributed by atoms with E-state index in [0.717, 1.165) is 30.9 Å². The van der Waals surface area contributed by atoms with E-state index >= 15 is 0 Å². The number of carbonyl (C=O) groups excluding carboxylic acids is 1. The molecule has 0 aliphatic heterocycles. The van der Waals surface area contributed by atoms with Crippen molar-refractivity contribution in [1.82, 2.24) is 0 Å². The van der Waals surface area contributed by atoms with Crippen LogP contribution < -0.4 is 10.0 Å². The van der Waals surface area contributed by atoms with Gasteiger partial charge in [-0.15, -0.1) is 0 Å². The van der Waals surface area contributed by atoms with Crippen LogP contribution in [0.2, 0.25) is 0 Å². The van der Waals surface area contributed by atoms with E-state index in [-0.39, 0.29) is 16.5 Å². The summed E-state index contributed by atoms with van der Waals surface area (Å²) in [5.41, 5.74) is 0.809. The summed E-state index contributed by atoms with van der Waals surface area (Å²) in [4.78, 5) is 11.7. The van der Waals surface area contributed by atoms with Gasteiger partial charge in [0.05, 0.1) is 4.90 Å². The minimum absolute atomic E-state index is 0.0686. The number of sulfonamides is 1. The van der Waals surface area contributed by atoms with Gasteiger partial charge in [-0.05, 0) is 61.2 Å². The summed E-state index contributed by atoms with van der Waals surface area (Å²) < 4.78 is 53.2. The first kappa shape index (κ1) is 22.2. The molecule has 5 nitrogen and oxygen atoms in total. The van der Waals surface area contributed by atoms with Crippen molar-refractivity contribution in [3.63, 3.8) is 0 Å². The first-order valence-electron chi connectivity index (χ1n) is 10.2. The molecule has 1 fully saturated rings. The molecule has 0 bridgehead atoms. The third kappa shape index (κ3) is 6.26. The fraction of sp³-hybridized carbons (Fsp3) is 0.409. The Labute approximate surface area is 175 Å². The quantitative estimate of drug-likeness (QED) is 0.577. The van der Waals surface area contributed by atoms with Crippen LogP contribution in [0.15, 0.2) is 47.4 Å². The molecule has 1 saturated carbocycles. The van der Waals surface area contributed by atoms with Crippen LogP contribution >= 0.6 is 0 Å². The van der Waals surface area contributed by atoms with Crippen molar-refractivity contribution in [1.29, 1.82) is 0 Å².